The summed E-state index contributed by atoms with van der Waals surface area (Å²) in [5, 5.41) is 3.83. The molecule has 5 heteroatoms. The summed E-state index contributed by atoms with van der Waals surface area (Å²) >= 11 is 0. The van der Waals surface area contributed by atoms with E-state index in [0.29, 0.717) is 23.8 Å². The number of anilines is 1. The second-order valence-corrected chi connectivity index (χ2v) is 8.59. The number of amides is 1. The highest BCUT2D eigenvalue weighted by molar-refractivity contribution is 6.00. The maximum Gasteiger partial charge on any atom is 0.270 e. The van der Waals surface area contributed by atoms with Crippen molar-refractivity contribution in [3.8, 4) is 0 Å². The van der Waals surface area contributed by atoms with Crippen LogP contribution in [0.25, 0.3) is 10.9 Å². The van der Waals surface area contributed by atoms with Crippen molar-refractivity contribution in [2.75, 3.05) is 5.73 Å². The Morgan fingerprint density at radius 3 is 2.64 bits per heavy atom. The number of carbonyl (C=O) groups is 1. The molecular formula is C23H26N4O. The molecule has 4 rings (SSSR count). The van der Waals surface area contributed by atoms with Crippen LogP contribution in [0.15, 0.2) is 42.6 Å². The fourth-order valence-electron chi connectivity index (χ4n) is 3.48. The van der Waals surface area contributed by atoms with E-state index < -0.39 is 0 Å². The Kier molecular flexibility index (Phi) is 4.53. The second kappa shape index (κ2) is 6.89. The van der Waals surface area contributed by atoms with Gasteiger partial charge in [-0.15, -0.1) is 0 Å². The van der Waals surface area contributed by atoms with E-state index in [2.05, 4.69) is 43.2 Å². The first-order valence-electron chi connectivity index (χ1n) is 9.75. The molecule has 1 aliphatic carbocycles. The molecule has 0 radical (unpaired) electrons. The van der Waals surface area contributed by atoms with Gasteiger partial charge in [0, 0.05) is 17.3 Å². The summed E-state index contributed by atoms with van der Waals surface area (Å²) in [7, 11) is 0. The molecule has 5 nitrogen and oxygen atoms in total. The van der Waals surface area contributed by atoms with Gasteiger partial charge in [-0.3, -0.25) is 9.78 Å². The summed E-state index contributed by atoms with van der Waals surface area (Å²) in [5.41, 5.74) is 11.3. The Labute approximate surface area is 165 Å². The van der Waals surface area contributed by atoms with Crippen LogP contribution in [-0.4, -0.2) is 15.9 Å². The molecule has 1 amide bonds. The van der Waals surface area contributed by atoms with E-state index in [-0.39, 0.29) is 11.3 Å². The number of nitrogens with two attached hydrogens (primary N) is 1. The minimum absolute atomic E-state index is 0.0916. The van der Waals surface area contributed by atoms with Crippen molar-refractivity contribution in [1.82, 2.24) is 15.3 Å². The Hall–Kier alpha value is -2.95. The highest BCUT2D eigenvalue weighted by Gasteiger charge is 2.28. The molecule has 2 heterocycles. The molecule has 3 N–H and O–H groups in total. The van der Waals surface area contributed by atoms with Crippen molar-refractivity contribution in [2.24, 2.45) is 0 Å². The molecule has 28 heavy (non-hydrogen) atoms. The molecule has 0 atom stereocenters. The maximum atomic E-state index is 12.7. The number of rotatable bonds is 4. The molecule has 144 valence electrons. The third kappa shape index (κ3) is 3.70. The van der Waals surface area contributed by atoms with Crippen molar-refractivity contribution in [1.29, 1.82) is 0 Å². The Balaban J connectivity index is 1.72. The zero-order chi connectivity index (χ0) is 19.9. The Morgan fingerprint density at radius 1 is 1.21 bits per heavy atom. The molecular weight excluding hydrogens is 348 g/mol. The average Bonchev–Trinajstić information content (AvgIpc) is 3.50. The monoisotopic (exact) mass is 374 g/mol. The lowest BCUT2D eigenvalue weighted by molar-refractivity contribution is 0.0946. The fourth-order valence-corrected chi connectivity index (χ4v) is 3.48. The molecule has 3 aromatic rings. The number of fused-ring (bicyclic) bond motifs is 1. The maximum absolute atomic E-state index is 12.7. The van der Waals surface area contributed by atoms with Crippen LogP contribution in [-0.2, 0) is 12.0 Å². The smallest absolute Gasteiger partial charge is 0.270 e. The van der Waals surface area contributed by atoms with Crippen molar-refractivity contribution in [3.63, 3.8) is 0 Å². The third-order valence-corrected chi connectivity index (χ3v) is 5.21. The number of hydrogen-bond acceptors (Lipinski definition) is 4. The topological polar surface area (TPSA) is 80.9 Å². The number of aromatic nitrogens is 2. The summed E-state index contributed by atoms with van der Waals surface area (Å²) in [6.45, 7) is 6.87. The molecule has 1 aromatic carbocycles. The van der Waals surface area contributed by atoms with Gasteiger partial charge in [0.05, 0.1) is 17.8 Å². The number of nitrogen functional groups attached to an aromatic ring is 1. The highest BCUT2D eigenvalue weighted by atomic mass is 16.1. The molecule has 0 unspecified atom stereocenters. The highest BCUT2D eigenvalue weighted by Crippen LogP contribution is 2.43. The Bertz CT molecular complexity index is 1030. The normalized spacial score (nSPS) is 14.2. The van der Waals surface area contributed by atoms with Gasteiger partial charge in [-0.05, 0) is 59.6 Å². The first-order chi connectivity index (χ1) is 13.3. The first kappa shape index (κ1) is 18.4. The van der Waals surface area contributed by atoms with Gasteiger partial charge in [-0.1, -0.05) is 32.9 Å². The van der Waals surface area contributed by atoms with Gasteiger partial charge in [0.25, 0.3) is 5.91 Å². The molecule has 0 bridgehead atoms. The lowest BCUT2D eigenvalue weighted by Gasteiger charge is -2.23. The van der Waals surface area contributed by atoms with E-state index in [9.17, 15) is 4.79 Å². The van der Waals surface area contributed by atoms with E-state index in [1.807, 2.05) is 18.2 Å². The van der Waals surface area contributed by atoms with Gasteiger partial charge < -0.3 is 11.1 Å². The third-order valence-electron chi connectivity index (χ3n) is 5.21. The number of carbonyl (C=O) groups excluding carboxylic acids is 1. The number of pyridine rings is 2. The van der Waals surface area contributed by atoms with Crippen LogP contribution in [0.1, 0.15) is 66.8 Å². The summed E-state index contributed by atoms with van der Waals surface area (Å²) < 4.78 is 0. The molecule has 1 aliphatic rings. The van der Waals surface area contributed by atoms with Crippen molar-refractivity contribution in [3.05, 3.63) is 65.1 Å². The molecule has 0 aliphatic heterocycles. The minimum atomic E-state index is -0.245. The summed E-state index contributed by atoms with van der Waals surface area (Å²) in [5.74, 6) is 0.386. The van der Waals surface area contributed by atoms with Crippen LogP contribution in [0.2, 0.25) is 0 Å². The van der Waals surface area contributed by atoms with Gasteiger partial charge in [0.1, 0.15) is 5.69 Å². The zero-order valence-corrected chi connectivity index (χ0v) is 16.6. The molecule has 0 saturated heterocycles. The van der Waals surface area contributed by atoms with Crippen LogP contribution < -0.4 is 11.1 Å². The number of hydrogen-bond donors (Lipinski definition) is 2. The van der Waals surface area contributed by atoms with Gasteiger partial charge in [-0.25, -0.2) is 4.98 Å². The van der Waals surface area contributed by atoms with E-state index in [4.69, 9.17) is 10.7 Å². The summed E-state index contributed by atoms with van der Waals surface area (Å²) in [6.07, 6.45) is 4.17. The SMILES string of the molecule is CC(C)(C)c1cc(C2CC2)cc2c(N)cc(C(=O)NCc3ccccn3)nc12. The van der Waals surface area contributed by atoms with Crippen molar-refractivity contribution >= 4 is 22.5 Å². The van der Waals surface area contributed by atoms with Crippen molar-refractivity contribution < 1.29 is 4.79 Å². The second-order valence-electron chi connectivity index (χ2n) is 8.59. The lowest BCUT2D eigenvalue weighted by atomic mass is 9.83. The van der Waals surface area contributed by atoms with Crippen LogP contribution in [0, 0.1) is 0 Å². The van der Waals surface area contributed by atoms with E-state index in [0.717, 1.165) is 22.2 Å². The first-order valence-corrected chi connectivity index (χ1v) is 9.75. The molecule has 1 saturated carbocycles. The number of nitrogens with one attached hydrogen (secondary N) is 1. The molecule has 0 spiro atoms. The fraction of sp³-hybridized carbons (Fsp3) is 0.348. The quantitative estimate of drug-likeness (QED) is 0.713. The predicted octanol–water partition coefficient (Wildman–Crippen LogP) is 4.32. The predicted molar refractivity (Wildman–Crippen MR) is 112 cm³/mol. The van der Waals surface area contributed by atoms with Crippen molar-refractivity contribution in [2.45, 2.75) is 51.5 Å². The summed E-state index contributed by atoms with van der Waals surface area (Å²) in [6, 6.07) is 11.7. The van der Waals surface area contributed by atoms with Gasteiger partial charge in [0.15, 0.2) is 0 Å². The average molecular weight is 374 g/mol. The molecule has 1 fully saturated rings. The minimum Gasteiger partial charge on any atom is -0.398 e. The molecule has 2 aromatic heterocycles. The van der Waals surface area contributed by atoms with Crippen LogP contribution in [0.5, 0.6) is 0 Å². The summed E-state index contributed by atoms with van der Waals surface area (Å²) in [4.78, 5) is 21.7. The van der Waals surface area contributed by atoms with Gasteiger partial charge in [0.2, 0.25) is 0 Å². The standard InChI is InChI=1S/C23H26N4O/c1-23(2,3)18-11-15(14-7-8-14)10-17-19(24)12-20(27-21(17)18)22(28)26-13-16-6-4-5-9-25-16/h4-6,9-12,14H,7-8,13H2,1-3H3,(H2,24,27)(H,26,28). The lowest BCUT2D eigenvalue weighted by Crippen LogP contribution is -2.25. The van der Waals surface area contributed by atoms with Gasteiger partial charge >= 0.3 is 0 Å². The van der Waals surface area contributed by atoms with E-state index in [1.165, 1.54) is 18.4 Å². The largest absolute Gasteiger partial charge is 0.398 e. The van der Waals surface area contributed by atoms with E-state index in [1.54, 1.807) is 12.3 Å². The van der Waals surface area contributed by atoms with Crippen LogP contribution in [0.3, 0.4) is 0 Å². The Morgan fingerprint density at radius 2 is 2.00 bits per heavy atom. The zero-order valence-electron chi connectivity index (χ0n) is 16.6. The van der Waals surface area contributed by atoms with Crippen LogP contribution in [0.4, 0.5) is 5.69 Å². The van der Waals surface area contributed by atoms with E-state index >= 15 is 0 Å². The number of benzene rings is 1. The van der Waals surface area contributed by atoms with Crippen LogP contribution >= 0.6 is 0 Å². The number of nitrogens with zero attached hydrogens (tertiary/aromatic N) is 2. The van der Waals surface area contributed by atoms with Gasteiger partial charge in [-0.2, -0.15) is 0 Å².